The summed E-state index contributed by atoms with van der Waals surface area (Å²) < 4.78 is 13.6. The lowest BCUT2D eigenvalue weighted by Crippen LogP contribution is -2.39. The van der Waals surface area contributed by atoms with Crippen LogP contribution in [0.1, 0.15) is 11.3 Å². The van der Waals surface area contributed by atoms with Crippen LogP contribution in [-0.2, 0) is 24.9 Å². The first-order valence-corrected chi connectivity index (χ1v) is 10.2. The van der Waals surface area contributed by atoms with Crippen LogP contribution in [0, 0.1) is 0 Å². The lowest BCUT2D eigenvalue weighted by atomic mass is 10.2. The molecule has 0 atom stereocenters. The number of morpholine rings is 1. The Kier molecular flexibility index (Phi) is 7.95. The highest BCUT2D eigenvalue weighted by Crippen LogP contribution is 2.18. The van der Waals surface area contributed by atoms with Gasteiger partial charge in [0.15, 0.2) is 5.96 Å². The number of aliphatic imine (C=N–C) groups is 1. The summed E-state index contributed by atoms with van der Waals surface area (Å²) in [5.74, 6) is 1.78. The third kappa shape index (κ3) is 6.24. The summed E-state index contributed by atoms with van der Waals surface area (Å²) >= 11 is 0. The molecule has 29 heavy (non-hydrogen) atoms. The zero-order valence-electron chi connectivity index (χ0n) is 17.8. The number of nitrogens with one attached hydrogen (secondary N) is 1. The number of ether oxygens (including phenoxy) is 2. The summed E-state index contributed by atoms with van der Waals surface area (Å²) in [6, 6.07) is 12.4. The molecular weight excluding hydrogens is 366 g/mol. The molecule has 0 unspecified atom stereocenters. The number of rotatable bonds is 8. The van der Waals surface area contributed by atoms with Crippen molar-refractivity contribution in [1.29, 1.82) is 0 Å². The van der Waals surface area contributed by atoms with E-state index in [1.807, 2.05) is 32.3 Å². The van der Waals surface area contributed by atoms with E-state index in [1.165, 1.54) is 5.69 Å². The zero-order valence-corrected chi connectivity index (χ0v) is 17.8. The van der Waals surface area contributed by atoms with Gasteiger partial charge in [-0.2, -0.15) is 0 Å². The first-order valence-electron chi connectivity index (χ1n) is 10.2. The normalized spacial score (nSPS) is 15.3. The molecule has 1 N–H and O–H groups in total. The van der Waals surface area contributed by atoms with E-state index in [0.29, 0.717) is 13.2 Å². The van der Waals surface area contributed by atoms with Gasteiger partial charge in [-0.05, 0) is 18.2 Å². The Morgan fingerprint density at radius 2 is 2.00 bits per heavy atom. The summed E-state index contributed by atoms with van der Waals surface area (Å²) in [7, 11) is 5.92. The molecule has 1 aliphatic heterocycles. The van der Waals surface area contributed by atoms with E-state index in [9.17, 15) is 0 Å². The van der Waals surface area contributed by atoms with Crippen LogP contribution in [0.15, 0.2) is 47.6 Å². The topological polar surface area (TPSA) is 54.3 Å². The second-order valence-electron chi connectivity index (χ2n) is 7.28. The van der Waals surface area contributed by atoms with Crippen LogP contribution in [0.4, 0.5) is 0 Å². The maximum Gasteiger partial charge on any atom is 0.194 e. The van der Waals surface area contributed by atoms with E-state index < -0.39 is 0 Å². The van der Waals surface area contributed by atoms with Gasteiger partial charge in [-0.15, -0.1) is 0 Å². The SMILES string of the molecule is CN=C(NCc1ccccc1OCCN1CCOCC1)N(C)Cc1cccn1C. The van der Waals surface area contributed by atoms with Gasteiger partial charge in [0.25, 0.3) is 0 Å². The number of hydrogen-bond acceptors (Lipinski definition) is 4. The molecule has 3 rings (SSSR count). The van der Waals surface area contributed by atoms with E-state index in [-0.39, 0.29) is 0 Å². The summed E-state index contributed by atoms with van der Waals surface area (Å²) in [4.78, 5) is 8.93. The van der Waals surface area contributed by atoms with E-state index in [0.717, 1.165) is 56.7 Å². The molecule has 1 saturated heterocycles. The highest BCUT2D eigenvalue weighted by molar-refractivity contribution is 5.79. The van der Waals surface area contributed by atoms with Gasteiger partial charge in [-0.3, -0.25) is 9.89 Å². The molecule has 1 fully saturated rings. The number of aryl methyl sites for hydroxylation is 1. The van der Waals surface area contributed by atoms with E-state index >= 15 is 0 Å². The number of aromatic nitrogens is 1. The molecule has 1 aliphatic rings. The molecule has 158 valence electrons. The maximum absolute atomic E-state index is 6.09. The molecule has 7 heteroatoms. The van der Waals surface area contributed by atoms with Gasteiger partial charge >= 0.3 is 0 Å². The molecule has 1 aromatic heterocycles. The first-order chi connectivity index (χ1) is 14.2. The largest absolute Gasteiger partial charge is 0.492 e. The van der Waals surface area contributed by atoms with Gasteiger partial charge in [0.05, 0.1) is 19.8 Å². The second kappa shape index (κ2) is 10.9. The molecule has 0 radical (unpaired) electrons. The molecule has 1 aromatic carbocycles. The molecule has 0 amide bonds. The molecule has 2 aromatic rings. The van der Waals surface area contributed by atoms with Crippen molar-refractivity contribution in [2.24, 2.45) is 12.0 Å². The van der Waals surface area contributed by atoms with Crippen molar-refractivity contribution in [3.05, 3.63) is 53.9 Å². The Bertz CT molecular complexity index is 783. The molecule has 0 bridgehead atoms. The average Bonchev–Trinajstić information content (AvgIpc) is 3.14. The minimum atomic E-state index is 0.665. The number of para-hydroxylation sites is 1. The van der Waals surface area contributed by atoms with E-state index in [2.05, 4.69) is 56.1 Å². The fraction of sp³-hybridized carbons (Fsp3) is 0.500. The van der Waals surface area contributed by atoms with Crippen molar-refractivity contribution in [3.8, 4) is 5.75 Å². The predicted molar refractivity (Wildman–Crippen MR) is 116 cm³/mol. The first kappa shape index (κ1) is 21.2. The lowest BCUT2D eigenvalue weighted by Gasteiger charge is -2.26. The average molecular weight is 400 g/mol. The molecule has 2 heterocycles. The smallest absolute Gasteiger partial charge is 0.194 e. The Balaban J connectivity index is 1.51. The van der Waals surface area contributed by atoms with Crippen molar-refractivity contribution in [2.45, 2.75) is 13.1 Å². The zero-order chi connectivity index (χ0) is 20.5. The standard InChI is InChI=1S/C22H33N5O2/c1-23-22(26(3)18-20-8-6-10-25(20)2)24-17-19-7-4-5-9-21(19)29-16-13-27-11-14-28-15-12-27/h4-10H,11-18H2,1-3H3,(H,23,24). The van der Waals surface area contributed by atoms with Gasteiger partial charge in [0, 0.05) is 64.8 Å². The minimum Gasteiger partial charge on any atom is -0.492 e. The van der Waals surface area contributed by atoms with Crippen molar-refractivity contribution >= 4 is 5.96 Å². The monoisotopic (exact) mass is 399 g/mol. The molecule has 0 spiro atoms. The van der Waals surface area contributed by atoms with Gasteiger partial charge in [-0.25, -0.2) is 0 Å². The van der Waals surface area contributed by atoms with Crippen LogP contribution < -0.4 is 10.1 Å². The Hall–Kier alpha value is -2.51. The quantitative estimate of drug-likeness (QED) is 0.543. The van der Waals surface area contributed by atoms with Gasteiger partial charge < -0.3 is 24.3 Å². The number of hydrogen-bond donors (Lipinski definition) is 1. The fourth-order valence-corrected chi connectivity index (χ4v) is 3.44. The molecular formula is C22H33N5O2. The Labute approximate surface area is 173 Å². The van der Waals surface area contributed by atoms with Crippen LogP contribution in [0.2, 0.25) is 0 Å². The second-order valence-corrected chi connectivity index (χ2v) is 7.28. The third-order valence-corrected chi connectivity index (χ3v) is 5.20. The van der Waals surface area contributed by atoms with Crippen molar-refractivity contribution in [3.63, 3.8) is 0 Å². The van der Waals surface area contributed by atoms with Crippen LogP contribution in [0.5, 0.6) is 5.75 Å². The predicted octanol–water partition coefficient (Wildman–Crippen LogP) is 1.94. The van der Waals surface area contributed by atoms with Crippen molar-refractivity contribution in [2.75, 3.05) is 53.6 Å². The summed E-state index contributed by atoms with van der Waals surface area (Å²) in [5.41, 5.74) is 2.37. The fourth-order valence-electron chi connectivity index (χ4n) is 3.44. The van der Waals surface area contributed by atoms with Gasteiger partial charge in [0.1, 0.15) is 12.4 Å². The number of benzene rings is 1. The Morgan fingerprint density at radius 1 is 1.21 bits per heavy atom. The lowest BCUT2D eigenvalue weighted by molar-refractivity contribution is 0.0322. The van der Waals surface area contributed by atoms with Crippen LogP contribution in [0.25, 0.3) is 0 Å². The number of guanidine groups is 1. The molecule has 0 saturated carbocycles. The van der Waals surface area contributed by atoms with Crippen LogP contribution in [-0.4, -0.2) is 73.9 Å². The summed E-state index contributed by atoms with van der Waals surface area (Å²) in [5, 5.41) is 3.46. The molecule has 0 aliphatic carbocycles. The Morgan fingerprint density at radius 3 is 2.72 bits per heavy atom. The third-order valence-electron chi connectivity index (χ3n) is 5.20. The van der Waals surface area contributed by atoms with E-state index in [4.69, 9.17) is 9.47 Å². The molecule has 7 nitrogen and oxygen atoms in total. The highest BCUT2D eigenvalue weighted by Gasteiger charge is 2.12. The van der Waals surface area contributed by atoms with Crippen molar-refractivity contribution < 1.29 is 9.47 Å². The summed E-state index contributed by atoms with van der Waals surface area (Å²) in [6.07, 6.45) is 2.06. The summed E-state index contributed by atoms with van der Waals surface area (Å²) in [6.45, 7) is 6.66. The minimum absolute atomic E-state index is 0.665. The van der Waals surface area contributed by atoms with Gasteiger partial charge in [-0.1, -0.05) is 18.2 Å². The maximum atomic E-state index is 6.09. The van der Waals surface area contributed by atoms with Crippen molar-refractivity contribution in [1.82, 2.24) is 19.7 Å². The van der Waals surface area contributed by atoms with E-state index in [1.54, 1.807) is 0 Å². The number of nitrogens with zero attached hydrogens (tertiary/aromatic N) is 4. The highest BCUT2D eigenvalue weighted by atomic mass is 16.5. The van der Waals surface area contributed by atoms with Crippen LogP contribution >= 0.6 is 0 Å². The van der Waals surface area contributed by atoms with Crippen LogP contribution in [0.3, 0.4) is 0 Å². The van der Waals surface area contributed by atoms with Gasteiger partial charge in [0.2, 0.25) is 0 Å².